The van der Waals surface area contributed by atoms with Crippen molar-refractivity contribution in [2.75, 3.05) is 0 Å². The first kappa shape index (κ1) is 30.3. The maximum absolute atomic E-state index is 4.98. The number of benzene rings is 7. The summed E-state index contributed by atoms with van der Waals surface area (Å²) in [6.07, 6.45) is 5.42. The third kappa shape index (κ3) is 4.82. The largest absolute Gasteiger partial charge is 0.296 e. The lowest BCUT2D eigenvalue weighted by Gasteiger charge is -2.26. The molecule has 50 heavy (non-hydrogen) atoms. The molecule has 0 amide bonds. The average Bonchev–Trinajstić information content (AvgIpc) is 3.72. The zero-order valence-corrected chi connectivity index (χ0v) is 28.8. The highest BCUT2D eigenvalue weighted by Crippen LogP contribution is 2.59. The quantitative estimate of drug-likeness (QED) is 0.143. The van der Waals surface area contributed by atoms with Gasteiger partial charge in [-0.15, -0.1) is 0 Å². The number of nitrogens with zero attached hydrogens (tertiary/aromatic N) is 2. The highest BCUT2D eigenvalue weighted by atomic mass is 15.1. The Balaban J connectivity index is 1.39. The van der Waals surface area contributed by atoms with E-state index in [1.165, 1.54) is 84.8 Å². The fourth-order valence-electron chi connectivity index (χ4n) is 8.41. The highest BCUT2D eigenvalue weighted by Gasteiger charge is 2.33. The molecular weight excluding hydrogens is 605 g/mol. The number of imidazole rings is 1. The first-order valence-electron chi connectivity index (χ1n) is 18.2. The van der Waals surface area contributed by atoms with Crippen molar-refractivity contribution in [1.82, 2.24) is 9.55 Å². The minimum absolute atomic E-state index is 0.869. The summed E-state index contributed by atoms with van der Waals surface area (Å²) in [7, 11) is 0. The molecule has 1 aliphatic carbocycles. The fraction of sp³-hybridized carbons (Fsp3) is 0.146. The molecule has 0 saturated heterocycles. The van der Waals surface area contributed by atoms with Crippen LogP contribution in [0, 0.1) is 0 Å². The van der Waals surface area contributed by atoms with Gasteiger partial charge in [-0.05, 0) is 109 Å². The number of unbranched alkanes of at least 4 members (excludes halogenated alkanes) is 2. The van der Waals surface area contributed by atoms with Gasteiger partial charge in [-0.1, -0.05) is 148 Å². The van der Waals surface area contributed by atoms with Crippen molar-refractivity contribution in [3.05, 3.63) is 157 Å². The lowest BCUT2D eigenvalue weighted by atomic mass is 9.77. The van der Waals surface area contributed by atoms with E-state index in [2.05, 4.69) is 164 Å². The van der Waals surface area contributed by atoms with Crippen molar-refractivity contribution in [2.24, 2.45) is 0 Å². The molecule has 0 radical (unpaired) electrons. The van der Waals surface area contributed by atoms with E-state index in [0.29, 0.717) is 0 Å². The number of aryl methyl sites for hydroxylation is 1. The standard InChI is InChI=1S/C48H40N2/c1-3-5-8-23-39-44(35-28-30-36(31-29-35)50-41-27-14-13-26-40(41)49-42(50)4-2)46(34-19-11-7-12-20-34)48-38-25-16-22-32-21-15-24-37(43(32)38)47(48)45(39)33-17-9-6-10-18-33/h6-7,9-22,24-31H,3-5,8,23H2,1-2H3. The Hall–Kier alpha value is -5.73. The Labute approximate surface area is 294 Å². The molecule has 9 rings (SSSR count). The van der Waals surface area contributed by atoms with Crippen molar-refractivity contribution >= 4 is 21.8 Å². The number of hydrogen-bond donors (Lipinski definition) is 0. The summed E-state index contributed by atoms with van der Waals surface area (Å²) < 4.78 is 2.33. The van der Waals surface area contributed by atoms with Crippen molar-refractivity contribution in [2.45, 2.75) is 46.0 Å². The number of rotatable bonds is 9. The monoisotopic (exact) mass is 644 g/mol. The Bertz CT molecular complexity index is 2500. The lowest BCUT2D eigenvalue weighted by molar-refractivity contribution is 0.719. The van der Waals surface area contributed by atoms with Gasteiger partial charge < -0.3 is 0 Å². The highest BCUT2D eigenvalue weighted by molar-refractivity contribution is 6.23. The van der Waals surface area contributed by atoms with Crippen LogP contribution in [-0.2, 0) is 12.8 Å². The van der Waals surface area contributed by atoms with Crippen LogP contribution in [0.5, 0.6) is 0 Å². The maximum Gasteiger partial charge on any atom is 0.114 e. The zero-order valence-electron chi connectivity index (χ0n) is 28.8. The Morgan fingerprint density at radius 3 is 1.74 bits per heavy atom. The number of para-hydroxylation sites is 2. The van der Waals surface area contributed by atoms with Gasteiger partial charge in [0.2, 0.25) is 0 Å². The van der Waals surface area contributed by atoms with Gasteiger partial charge in [0.15, 0.2) is 0 Å². The Morgan fingerprint density at radius 1 is 0.500 bits per heavy atom. The van der Waals surface area contributed by atoms with Crippen LogP contribution < -0.4 is 0 Å². The molecule has 0 N–H and O–H groups in total. The van der Waals surface area contributed by atoms with Crippen LogP contribution in [0.3, 0.4) is 0 Å². The first-order chi connectivity index (χ1) is 24.8. The third-order valence-electron chi connectivity index (χ3n) is 10.6. The van der Waals surface area contributed by atoms with E-state index in [0.717, 1.165) is 41.8 Å². The number of fused-ring (bicyclic) bond motifs is 4. The van der Waals surface area contributed by atoms with Gasteiger partial charge in [0.05, 0.1) is 11.0 Å². The molecule has 2 nitrogen and oxygen atoms in total. The van der Waals surface area contributed by atoms with Crippen LogP contribution in [-0.4, -0.2) is 9.55 Å². The van der Waals surface area contributed by atoms with Gasteiger partial charge in [-0.25, -0.2) is 4.98 Å². The zero-order chi connectivity index (χ0) is 33.6. The molecule has 2 heteroatoms. The number of hydrogen-bond acceptors (Lipinski definition) is 1. The normalized spacial score (nSPS) is 11.8. The predicted octanol–water partition coefficient (Wildman–Crippen LogP) is 13.1. The Kier molecular flexibility index (Phi) is 7.66. The molecule has 1 aliphatic rings. The summed E-state index contributed by atoms with van der Waals surface area (Å²) in [6, 6.07) is 53.8. The molecule has 0 aliphatic heterocycles. The van der Waals surface area contributed by atoms with E-state index < -0.39 is 0 Å². The third-order valence-corrected chi connectivity index (χ3v) is 10.6. The lowest BCUT2D eigenvalue weighted by Crippen LogP contribution is -2.03. The van der Waals surface area contributed by atoms with Gasteiger partial charge in [0.25, 0.3) is 0 Å². The number of aromatic nitrogens is 2. The molecule has 8 aromatic rings. The molecular formula is C48H40N2. The van der Waals surface area contributed by atoms with Crippen LogP contribution in [0.15, 0.2) is 146 Å². The summed E-state index contributed by atoms with van der Waals surface area (Å²) in [4.78, 5) is 4.98. The van der Waals surface area contributed by atoms with Gasteiger partial charge in [0.1, 0.15) is 5.82 Å². The summed E-state index contributed by atoms with van der Waals surface area (Å²) in [5.41, 5.74) is 18.1. The summed E-state index contributed by atoms with van der Waals surface area (Å²) in [5.74, 6) is 1.08. The maximum atomic E-state index is 4.98. The second-order valence-electron chi connectivity index (χ2n) is 13.5. The van der Waals surface area contributed by atoms with Crippen LogP contribution in [0.1, 0.15) is 44.5 Å². The molecule has 7 aromatic carbocycles. The molecule has 0 atom stereocenters. The predicted molar refractivity (Wildman–Crippen MR) is 212 cm³/mol. The molecule has 0 fully saturated rings. The second kappa shape index (κ2) is 12.6. The van der Waals surface area contributed by atoms with Crippen molar-refractivity contribution in [3.8, 4) is 61.3 Å². The molecule has 1 heterocycles. The minimum atomic E-state index is 0.869. The van der Waals surface area contributed by atoms with E-state index in [-0.39, 0.29) is 0 Å². The van der Waals surface area contributed by atoms with Crippen LogP contribution in [0.2, 0.25) is 0 Å². The summed E-state index contributed by atoms with van der Waals surface area (Å²) >= 11 is 0. The molecule has 242 valence electrons. The molecule has 0 saturated carbocycles. The smallest absolute Gasteiger partial charge is 0.114 e. The van der Waals surface area contributed by atoms with Crippen molar-refractivity contribution in [1.29, 1.82) is 0 Å². The summed E-state index contributed by atoms with van der Waals surface area (Å²) in [6.45, 7) is 4.49. The fourth-order valence-corrected chi connectivity index (χ4v) is 8.41. The van der Waals surface area contributed by atoms with Crippen molar-refractivity contribution in [3.63, 3.8) is 0 Å². The second-order valence-corrected chi connectivity index (χ2v) is 13.5. The Morgan fingerprint density at radius 2 is 1.08 bits per heavy atom. The van der Waals surface area contributed by atoms with E-state index in [1.807, 2.05) is 0 Å². The SMILES string of the molecule is CCCCCc1c(-c2ccc(-n3c(CC)nc4ccccc43)cc2)c(-c2ccccc2)c2c(c1-c1ccccc1)-c1cccc3cccc-2c13. The van der Waals surface area contributed by atoms with Crippen LogP contribution in [0.25, 0.3) is 83.1 Å². The summed E-state index contributed by atoms with van der Waals surface area (Å²) in [5, 5.41) is 2.66. The van der Waals surface area contributed by atoms with Crippen LogP contribution in [0.4, 0.5) is 0 Å². The average molecular weight is 645 g/mol. The van der Waals surface area contributed by atoms with E-state index >= 15 is 0 Å². The van der Waals surface area contributed by atoms with Gasteiger partial charge in [-0.3, -0.25) is 4.57 Å². The van der Waals surface area contributed by atoms with Crippen molar-refractivity contribution < 1.29 is 0 Å². The minimum Gasteiger partial charge on any atom is -0.296 e. The first-order valence-corrected chi connectivity index (χ1v) is 18.2. The van der Waals surface area contributed by atoms with Crippen LogP contribution >= 0.6 is 0 Å². The van der Waals surface area contributed by atoms with E-state index in [9.17, 15) is 0 Å². The van der Waals surface area contributed by atoms with Gasteiger partial charge in [0, 0.05) is 12.1 Å². The molecule has 0 bridgehead atoms. The van der Waals surface area contributed by atoms with Gasteiger partial charge in [-0.2, -0.15) is 0 Å². The van der Waals surface area contributed by atoms with E-state index in [1.54, 1.807) is 0 Å². The molecule has 0 spiro atoms. The topological polar surface area (TPSA) is 17.8 Å². The molecule has 0 unspecified atom stereocenters. The molecule has 1 aromatic heterocycles. The van der Waals surface area contributed by atoms with Gasteiger partial charge >= 0.3 is 0 Å². The van der Waals surface area contributed by atoms with E-state index in [4.69, 9.17) is 4.98 Å².